The van der Waals surface area contributed by atoms with E-state index >= 15 is 0 Å². The van der Waals surface area contributed by atoms with E-state index in [9.17, 15) is 23.4 Å². The molecule has 0 bridgehead atoms. The van der Waals surface area contributed by atoms with Crippen LogP contribution >= 0.6 is 11.8 Å². The molecule has 1 heterocycles. The van der Waals surface area contributed by atoms with Crippen LogP contribution in [0.15, 0.2) is 132 Å². The minimum atomic E-state index is -3.95. The van der Waals surface area contributed by atoms with Crippen LogP contribution in [0, 0.1) is 6.92 Å². The molecule has 0 spiro atoms. The molecule has 282 valence electrons. The second-order valence-electron chi connectivity index (χ2n) is 13.4. The highest BCUT2D eigenvalue weighted by Crippen LogP contribution is 2.39. The molecular weight excluding hydrogens is 721 g/mol. The van der Waals surface area contributed by atoms with Gasteiger partial charge >= 0.3 is 0 Å². The van der Waals surface area contributed by atoms with E-state index in [0.29, 0.717) is 12.2 Å². The average molecular weight is 767 g/mol. The standard InChI is InChI=1S/C43H46N2O7S2/c1-30-10-20-39(21-11-30)54(49,50)45-40(25-31-6-3-2-4-7-31)42(48)44-27-33-8-5-9-37(24-33)34-16-18-36(19-17-34)43-51-38(29-53-23-22-46)26-41(52-43)35-14-12-32(28-47)13-15-35/h2-21,24,38,40-41,43,45-47H,22-23,25-29H2,1H3,(H,44,48)/t38-,40+,41+,43+/m0/s1. The maximum absolute atomic E-state index is 13.6. The highest BCUT2D eigenvalue weighted by molar-refractivity contribution is 7.99. The summed E-state index contributed by atoms with van der Waals surface area (Å²) in [6, 6.07) is 38.5. The molecule has 1 amide bonds. The number of nitrogens with one attached hydrogen (secondary N) is 2. The van der Waals surface area contributed by atoms with Crippen molar-refractivity contribution < 1.29 is 32.9 Å². The number of thioether (sulfide) groups is 1. The lowest BCUT2D eigenvalue weighted by atomic mass is 9.99. The monoisotopic (exact) mass is 766 g/mol. The van der Waals surface area contributed by atoms with Crippen molar-refractivity contribution in [2.24, 2.45) is 0 Å². The SMILES string of the molecule is Cc1ccc(S(=O)(=O)N[C@H](Cc2ccccc2)C(=O)NCc2cccc(-c3ccc([C@@H]4O[C@H](CSCCO)C[C@H](c5ccc(CO)cc5)O4)cc3)c2)cc1. The van der Waals surface area contributed by atoms with Crippen molar-refractivity contribution in [1.29, 1.82) is 0 Å². The number of aliphatic hydroxyl groups excluding tert-OH is 2. The van der Waals surface area contributed by atoms with E-state index in [-0.39, 0.29) is 43.3 Å². The number of aryl methyl sites for hydroxylation is 1. The number of rotatable bonds is 16. The molecule has 5 aromatic rings. The Morgan fingerprint density at radius 3 is 2.20 bits per heavy atom. The van der Waals surface area contributed by atoms with Gasteiger partial charge in [0.1, 0.15) is 6.04 Å². The van der Waals surface area contributed by atoms with E-state index in [1.54, 1.807) is 23.9 Å². The van der Waals surface area contributed by atoms with Crippen molar-refractivity contribution in [3.63, 3.8) is 0 Å². The van der Waals surface area contributed by atoms with Gasteiger partial charge in [0.2, 0.25) is 15.9 Å². The molecule has 1 saturated heterocycles. The lowest BCUT2D eigenvalue weighted by Crippen LogP contribution is -2.47. The van der Waals surface area contributed by atoms with E-state index in [2.05, 4.69) is 10.0 Å². The van der Waals surface area contributed by atoms with Crippen LogP contribution in [0.1, 0.15) is 52.2 Å². The molecule has 0 radical (unpaired) electrons. The molecule has 5 aromatic carbocycles. The van der Waals surface area contributed by atoms with Crippen LogP contribution in [0.3, 0.4) is 0 Å². The fraction of sp³-hybridized carbons (Fsp3) is 0.279. The smallest absolute Gasteiger partial charge is 0.241 e. The molecule has 0 unspecified atom stereocenters. The summed E-state index contributed by atoms with van der Waals surface area (Å²) >= 11 is 1.65. The molecule has 54 heavy (non-hydrogen) atoms. The summed E-state index contributed by atoms with van der Waals surface area (Å²) in [5.74, 6) is 0.950. The number of ether oxygens (including phenoxy) is 2. The van der Waals surface area contributed by atoms with Crippen LogP contribution in [-0.2, 0) is 43.9 Å². The molecular formula is C43H46N2O7S2. The highest BCUT2D eigenvalue weighted by atomic mass is 32.2. The van der Waals surface area contributed by atoms with Crippen molar-refractivity contribution >= 4 is 27.7 Å². The molecule has 6 rings (SSSR count). The lowest BCUT2D eigenvalue weighted by Gasteiger charge is -2.36. The molecule has 1 aliphatic heterocycles. The highest BCUT2D eigenvalue weighted by Gasteiger charge is 2.32. The zero-order chi connectivity index (χ0) is 37.9. The third-order valence-electron chi connectivity index (χ3n) is 9.29. The summed E-state index contributed by atoms with van der Waals surface area (Å²) in [5.41, 5.74) is 7.31. The van der Waals surface area contributed by atoms with Gasteiger partial charge in [-0.15, -0.1) is 0 Å². The summed E-state index contributed by atoms with van der Waals surface area (Å²) < 4.78 is 42.1. The van der Waals surface area contributed by atoms with Crippen LogP contribution in [0.5, 0.6) is 0 Å². The Morgan fingerprint density at radius 2 is 1.50 bits per heavy atom. The molecule has 4 atom stereocenters. The van der Waals surface area contributed by atoms with Crippen molar-refractivity contribution in [2.75, 3.05) is 18.1 Å². The number of amides is 1. The second kappa shape index (κ2) is 18.8. The number of benzene rings is 5. The van der Waals surface area contributed by atoms with Gasteiger partial charge in [-0.2, -0.15) is 16.5 Å². The first-order chi connectivity index (χ1) is 26.2. The molecule has 11 heteroatoms. The minimum absolute atomic E-state index is 0.0179. The number of carbonyl (C=O) groups is 1. The van der Waals surface area contributed by atoms with Crippen molar-refractivity contribution in [3.8, 4) is 11.1 Å². The molecule has 1 aliphatic rings. The van der Waals surface area contributed by atoms with Gasteiger partial charge in [-0.1, -0.05) is 115 Å². The average Bonchev–Trinajstić information content (AvgIpc) is 3.20. The topological polar surface area (TPSA) is 134 Å². The third kappa shape index (κ3) is 10.7. The Labute approximate surface area is 321 Å². The molecule has 0 aromatic heterocycles. The van der Waals surface area contributed by atoms with Crippen LogP contribution < -0.4 is 10.0 Å². The van der Waals surface area contributed by atoms with Crippen LogP contribution in [0.25, 0.3) is 11.1 Å². The normalized spacial score (nSPS) is 17.9. The largest absolute Gasteiger partial charge is 0.396 e. The molecule has 4 N–H and O–H groups in total. The summed E-state index contributed by atoms with van der Waals surface area (Å²) in [7, 11) is -3.95. The first-order valence-corrected chi connectivity index (χ1v) is 20.6. The fourth-order valence-corrected chi connectivity index (χ4v) is 8.29. The third-order valence-corrected chi connectivity index (χ3v) is 11.9. The van der Waals surface area contributed by atoms with Crippen LogP contribution in [0.2, 0.25) is 0 Å². The van der Waals surface area contributed by atoms with E-state index < -0.39 is 28.3 Å². The van der Waals surface area contributed by atoms with E-state index in [0.717, 1.165) is 50.3 Å². The number of hydrogen-bond donors (Lipinski definition) is 4. The first kappa shape index (κ1) is 39.4. The van der Waals surface area contributed by atoms with Crippen LogP contribution in [0.4, 0.5) is 0 Å². The van der Waals surface area contributed by atoms with Gasteiger partial charge in [0.25, 0.3) is 0 Å². The summed E-state index contributed by atoms with van der Waals surface area (Å²) in [6.45, 7) is 2.19. The van der Waals surface area contributed by atoms with Crippen LogP contribution in [-0.4, -0.2) is 54.8 Å². The van der Waals surface area contributed by atoms with Crippen molar-refractivity contribution in [3.05, 3.63) is 161 Å². The summed E-state index contributed by atoms with van der Waals surface area (Å²) in [5, 5.41) is 21.7. The zero-order valence-corrected chi connectivity index (χ0v) is 31.8. The quantitative estimate of drug-likeness (QED) is 0.0823. The fourth-order valence-electron chi connectivity index (χ4n) is 6.32. The number of hydrogen-bond acceptors (Lipinski definition) is 8. The Bertz CT molecular complexity index is 2060. The Hall–Kier alpha value is -4.33. The number of carbonyl (C=O) groups excluding carboxylic acids is 1. The van der Waals surface area contributed by atoms with Crippen molar-refractivity contribution in [2.45, 2.75) is 62.4 Å². The molecule has 0 aliphatic carbocycles. The van der Waals surface area contributed by atoms with E-state index in [1.807, 2.05) is 110 Å². The Kier molecular flexibility index (Phi) is 13.7. The van der Waals surface area contributed by atoms with Gasteiger partial charge in [0, 0.05) is 30.0 Å². The van der Waals surface area contributed by atoms with Crippen molar-refractivity contribution in [1.82, 2.24) is 10.0 Å². The predicted molar refractivity (Wildman–Crippen MR) is 212 cm³/mol. The summed E-state index contributed by atoms with van der Waals surface area (Å²) in [4.78, 5) is 13.7. The number of sulfonamides is 1. The van der Waals surface area contributed by atoms with Gasteiger partial charge in [0.05, 0.1) is 30.3 Å². The van der Waals surface area contributed by atoms with Gasteiger partial charge in [-0.25, -0.2) is 8.42 Å². The lowest BCUT2D eigenvalue weighted by molar-refractivity contribution is -0.245. The minimum Gasteiger partial charge on any atom is -0.396 e. The molecule has 1 fully saturated rings. The Morgan fingerprint density at radius 1 is 0.796 bits per heavy atom. The van der Waals surface area contributed by atoms with E-state index in [1.165, 1.54) is 12.1 Å². The van der Waals surface area contributed by atoms with Gasteiger partial charge in [-0.3, -0.25) is 4.79 Å². The van der Waals surface area contributed by atoms with Gasteiger partial charge in [-0.05, 0) is 64.9 Å². The van der Waals surface area contributed by atoms with Gasteiger partial charge in [0.15, 0.2) is 6.29 Å². The zero-order valence-electron chi connectivity index (χ0n) is 30.1. The molecule has 0 saturated carbocycles. The molecule has 9 nitrogen and oxygen atoms in total. The maximum atomic E-state index is 13.6. The predicted octanol–water partition coefficient (Wildman–Crippen LogP) is 6.63. The maximum Gasteiger partial charge on any atom is 0.241 e. The second-order valence-corrected chi connectivity index (χ2v) is 16.2. The Balaban J connectivity index is 1.13. The number of aliphatic hydroxyl groups is 2. The van der Waals surface area contributed by atoms with E-state index in [4.69, 9.17) is 9.47 Å². The summed E-state index contributed by atoms with van der Waals surface area (Å²) in [6.07, 6.45) is 0.0364. The first-order valence-electron chi connectivity index (χ1n) is 18.0. The van der Waals surface area contributed by atoms with Gasteiger partial charge < -0.3 is 25.0 Å².